The van der Waals surface area contributed by atoms with Gasteiger partial charge in [0.2, 0.25) is 0 Å². The van der Waals surface area contributed by atoms with E-state index in [1.54, 1.807) is 0 Å². The first kappa shape index (κ1) is 14.3. The molecule has 0 atom stereocenters. The average molecular weight is 234 g/mol. The van der Waals surface area contributed by atoms with E-state index in [9.17, 15) is 0 Å². The molecule has 0 saturated carbocycles. The van der Waals surface area contributed by atoms with Crippen molar-refractivity contribution in [3.8, 4) is 0 Å². The van der Waals surface area contributed by atoms with Gasteiger partial charge < -0.3 is 19.8 Å². The highest BCUT2D eigenvalue weighted by Crippen LogP contribution is 2.25. The largest absolute Gasteiger partial charge is 0.466 e. The molecule has 0 heterocycles. The Hall–Kier alpha value is -0.710. The maximum absolute atomic E-state index is 8.88. The van der Waals surface area contributed by atoms with Gasteiger partial charge in [0.15, 0.2) is 0 Å². The zero-order valence-corrected chi connectivity index (χ0v) is 9.05. The van der Waals surface area contributed by atoms with Crippen LogP contribution in [0.1, 0.15) is 12.0 Å². The van der Waals surface area contributed by atoms with E-state index in [4.69, 9.17) is 24.4 Å². The van der Waals surface area contributed by atoms with E-state index in [2.05, 4.69) is 12.1 Å². The van der Waals surface area contributed by atoms with Crippen molar-refractivity contribution in [1.82, 2.24) is 0 Å². The fraction of sp³-hybridized carbons (Fsp3) is 0.333. The number of phosphoric acid groups is 1. The molecule has 0 unspecified atom stereocenters. The van der Waals surface area contributed by atoms with E-state index in [0.29, 0.717) is 0 Å². The number of hydrogen-bond donors (Lipinski definition) is 4. The molecule has 0 aliphatic rings. The topological polar surface area (TPSA) is 98.0 Å². The summed E-state index contributed by atoms with van der Waals surface area (Å²) < 4.78 is 8.88. The van der Waals surface area contributed by atoms with Crippen LogP contribution in [0.15, 0.2) is 30.3 Å². The normalized spacial score (nSPS) is 10.4. The van der Waals surface area contributed by atoms with E-state index >= 15 is 0 Å². The number of rotatable bonds is 3. The molecule has 86 valence electrons. The van der Waals surface area contributed by atoms with E-state index in [-0.39, 0.29) is 6.61 Å². The summed E-state index contributed by atoms with van der Waals surface area (Å²) in [7, 11) is -4.64. The minimum Gasteiger partial charge on any atom is -0.396 e. The van der Waals surface area contributed by atoms with Crippen LogP contribution in [0.25, 0.3) is 0 Å². The Morgan fingerprint density at radius 2 is 1.53 bits per heavy atom. The van der Waals surface area contributed by atoms with Gasteiger partial charge in [-0.2, -0.15) is 0 Å². The van der Waals surface area contributed by atoms with Crippen molar-refractivity contribution >= 4 is 7.82 Å². The highest BCUT2D eigenvalue weighted by molar-refractivity contribution is 7.45. The molecule has 1 aromatic carbocycles. The molecule has 0 bridgehead atoms. The maximum Gasteiger partial charge on any atom is 0.466 e. The molecule has 5 nitrogen and oxygen atoms in total. The summed E-state index contributed by atoms with van der Waals surface area (Å²) in [5, 5.41) is 8.53. The SMILES string of the molecule is O=P(O)(O)O.OCCCc1ccccc1. The van der Waals surface area contributed by atoms with Crippen LogP contribution in [0.4, 0.5) is 0 Å². The van der Waals surface area contributed by atoms with Crippen molar-refractivity contribution in [3.05, 3.63) is 35.9 Å². The number of aliphatic hydroxyl groups excluding tert-OH is 1. The van der Waals surface area contributed by atoms with Crippen molar-refractivity contribution in [2.24, 2.45) is 0 Å². The summed E-state index contributed by atoms with van der Waals surface area (Å²) in [6.07, 6.45) is 1.85. The molecule has 0 fully saturated rings. The van der Waals surface area contributed by atoms with Crippen LogP contribution in [0.2, 0.25) is 0 Å². The second-order valence-corrected chi connectivity index (χ2v) is 3.85. The van der Waals surface area contributed by atoms with Crippen molar-refractivity contribution in [3.63, 3.8) is 0 Å². The van der Waals surface area contributed by atoms with Crippen LogP contribution in [-0.4, -0.2) is 26.4 Å². The Morgan fingerprint density at radius 3 is 1.93 bits per heavy atom. The van der Waals surface area contributed by atoms with Gasteiger partial charge in [0.1, 0.15) is 0 Å². The first-order chi connectivity index (χ1) is 6.93. The standard InChI is InChI=1S/C9H12O.H3O4P/c10-8-4-7-9-5-2-1-3-6-9;1-5(2,3)4/h1-3,5-6,10H,4,7-8H2;(H3,1,2,3,4). The summed E-state index contributed by atoms with van der Waals surface area (Å²) >= 11 is 0. The average Bonchev–Trinajstić information content (AvgIpc) is 2.14. The van der Waals surface area contributed by atoms with Gasteiger partial charge in [-0.3, -0.25) is 0 Å². The smallest absolute Gasteiger partial charge is 0.396 e. The minimum atomic E-state index is -4.64. The Labute approximate surface area is 88.3 Å². The van der Waals surface area contributed by atoms with Gasteiger partial charge in [0.05, 0.1) is 0 Å². The third-order valence-corrected chi connectivity index (χ3v) is 1.47. The number of aryl methyl sites for hydroxylation is 1. The fourth-order valence-electron chi connectivity index (χ4n) is 0.928. The van der Waals surface area contributed by atoms with Gasteiger partial charge >= 0.3 is 7.82 Å². The minimum absolute atomic E-state index is 0.287. The fourth-order valence-corrected chi connectivity index (χ4v) is 0.928. The molecule has 0 aliphatic heterocycles. The Bertz CT molecular complexity index is 286. The second kappa shape index (κ2) is 7.56. The summed E-state index contributed by atoms with van der Waals surface area (Å²) in [5.41, 5.74) is 1.30. The molecule has 0 aromatic heterocycles. The van der Waals surface area contributed by atoms with E-state index in [0.717, 1.165) is 12.8 Å². The first-order valence-electron chi connectivity index (χ1n) is 4.36. The summed E-state index contributed by atoms with van der Waals surface area (Å²) in [6, 6.07) is 10.2. The van der Waals surface area contributed by atoms with Crippen molar-refractivity contribution in [2.75, 3.05) is 6.61 Å². The summed E-state index contributed by atoms with van der Waals surface area (Å²) in [5.74, 6) is 0. The van der Waals surface area contributed by atoms with Crippen LogP contribution in [0.5, 0.6) is 0 Å². The van der Waals surface area contributed by atoms with Gasteiger partial charge in [-0.05, 0) is 18.4 Å². The van der Waals surface area contributed by atoms with Gasteiger partial charge in [-0.1, -0.05) is 30.3 Å². The molecule has 4 N–H and O–H groups in total. The van der Waals surface area contributed by atoms with E-state index in [1.165, 1.54) is 5.56 Å². The molecule has 0 saturated heterocycles. The van der Waals surface area contributed by atoms with Crippen LogP contribution in [0, 0.1) is 0 Å². The monoisotopic (exact) mass is 234 g/mol. The van der Waals surface area contributed by atoms with Gasteiger partial charge in [0, 0.05) is 6.61 Å². The molecule has 0 amide bonds. The molecule has 6 heteroatoms. The van der Waals surface area contributed by atoms with Crippen LogP contribution in [0.3, 0.4) is 0 Å². The zero-order valence-electron chi connectivity index (χ0n) is 8.15. The molecule has 0 radical (unpaired) electrons. The number of aliphatic hydroxyl groups is 1. The summed E-state index contributed by atoms with van der Waals surface area (Å²) in [6.45, 7) is 0.287. The van der Waals surface area contributed by atoms with Crippen molar-refractivity contribution < 1.29 is 24.4 Å². The molecule has 1 aromatic rings. The van der Waals surface area contributed by atoms with E-state index < -0.39 is 7.82 Å². The lowest BCUT2D eigenvalue weighted by Gasteiger charge is -1.96. The maximum atomic E-state index is 8.88. The quantitative estimate of drug-likeness (QED) is 0.576. The highest BCUT2D eigenvalue weighted by atomic mass is 31.2. The van der Waals surface area contributed by atoms with Crippen molar-refractivity contribution in [2.45, 2.75) is 12.8 Å². The highest BCUT2D eigenvalue weighted by Gasteiger charge is 2.00. The Kier molecular flexibility index (Phi) is 7.21. The molecule has 0 spiro atoms. The van der Waals surface area contributed by atoms with Crippen LogP contribution >= 0.6 is 7.82 Å². The van der Waals surface area contributed by atoms with Gasteiger partial charge in [0.25, 0.3) is 0 Å². The third-order valence-electron chi connectivity index (χ3n) is 1.47. The molecule has 1 rings (SSSR count). The lowest BCUT2D eigenvalue weighted by Crippen LogP contribution is -1.87. The Morgan fingerprint density at radius 1 is 1.07 bits per heavy atom. The van der Waals surface area contributed by atoms with Crippen LogP contribution in [-0.2, 0) is 11.0 Å². The second-order valence-electron chi connectivity index (χ2n) is 2.83. The Balaban J connectivity index is 0.000000336. The predicted octanol–water partition coefficient (Wildman–Crippen LogP) is 0.683. The molecule has 0 aliphatic carbocycles. The van der Waals surface area contributed by atoms with Gasteiger partial charge in [-0.15, -0.1) is 0 Å². The zero-order chi connectivity index (χ0) is 11.7. The number of hydrogen-bond acceptors (Lipinski definition) is 2. The number of benzene rings is 1. The van der Waals surface area contributed by atoms with Crippen LogP contribution < -0.4 is 0 Å². The third kappa shape index (κ3) is 13.3. The molecular weight excluding hydrogens is 219 g/mol. The van der Waals surface area contributed by atoms with Crippen molar-refractivity contribution in [1.29, 1.82) is 0 Å². The molecule has 15 heavy (non-hydrogen) atoms. The van der Waals surface area contributed by atoms with Gasteiger partial charge in [-0.25, -0.2) is 4.57 Å². The summed E-state index contributed by atoms with van der Waals surface area (Å²) in [4.78, 5) is 21.6. The first-order valence-corrected chi connectivity index (χ1v) is 5.93. The molecular formula is C9H15O5P. The predicted molar refractivity (Wildman–Crippen MR) is 56.1 cm³/mol. The van der Waals surface area contributed by atoms with E-state index in [1.807, 2.05) is 18.2 Å². The lowest BCUT2D eigenvalue weighted by atomic mass is 10.1. The lowest BCUT2D eigenvalue weighted by molar-refractivity contribution is 0.275.